The minimum Gasteiger partial charge on any atom is -0.496 e. The smallest absolute Gasteiger partial charge is 0.215 e. The highest BCUT2D eigenvalue weighted by atomic mass is 79.9. The third kappa shape index (κ3) is 2.22. The predicted molar refractivity (Wildman–Crippen MR) is 80.1 cm³/mol. The Morgan fingerprint density at radius 2 is 1.90 bits per heavy atom. The minimum atomic E-state index is 0.540. The van der Waals surface area contributed by atoms with Crippen molar-refractivity contribution in [2.45, 2.75) is 0 Å². The quantitative estimate of drug-likeness (QED) is 0.797. The molecule has 0 saturated carbocycles. The van der Waals surface area contributed by atoms with Gasteiger partial charge >= 0.3 is 0 Å². The topological polar surface area (TPSA) is 60.0 Å². The first kappa shape index (κ1) is 12.9. The third-order valence-electron chi connectivity index (χ3n) is 2.95. The van der Waals surface area contributed by atoms with Crippen molar-refractivity contribution in [1.82, 2.24) is 15.0 Å². The highest BCUT2D eigenvalue weighted by molar-refractivity contribution is 9.10. The van der Waals surface area contributed by atoms with Crippen molar-refractivity contribution in [2.75, 3.05) is 14.2 Å². The number of benzene rings is 1. The number of hydrogen-bond donors (Lipinski definition) is 1. The number of rotatable bonds is 3. The van der Waals surface area contributed by atoms with Crippen LogP contribution in [0.1, 0.15) is 0 Å². The molecular formula is C14H12BrN3O2. The molecule has 2 aromatic heterocycles. The minimum absolute atomic E-state index is 0.540. The molecule has 102 valence electrons. The molecule has 3 rings (SSSR count). The maximum Gasteiger partial charge on any atom is 0.215 e. The van der Waals surface area contributed by atoms with Gasteiger partial charge in [-0.15, -0.1) is 0 Å². The zero-order valence-electron chi connectivity index (χ0n) is 11.0. The van der Waals surface area contributed by atoms with Gasteiger partial charge in [-0.2, -0.15) is 4.98 Å². The number of hydrogen-bond acceptors (Lipinski definition) is 4. The maximum absolute atomic E-state index is 5.39. The van der Waals surface area contributed by atoms with Crippen LogP contribution in [-0.2, 0) is 0 Å². The Morgan fingerprint density at radius 3 is 2.65 bits per heavy atom. The van der Waals surface area contributed by atoms with Crippen LogP contribution in [0.5, 0.6) is 11.6 Å². The molecule has 20 heavy (non-hydrogen) atoms. The van der Waals surface area contributed by atoms with Gasteiger partial charge in [0.15, 0.2) is 5.65 Å². The van der Waals surface area contributed by atoms with E-state index in [1.54, 1.807) is 20.3 Å². The Hall–Kier alpha value is -2.08. The Morgan fingerprint density at radius 1 is 1.05 bits per heavy atom. The van der Waals surface area contributed by atoms with E-state index in [0.29, 0.717) is 17.4 Å². The fraction of sp³-hybridized carbons (Fsp3) is 0.143. The van der Waals surface area contributed by atoms with E-state index < -0.39 is 0 Å². The second-order valence-corrected chi connectivity index (χ2v) is 5.07. The van der Waals surface area contributed by atoms with Gasteiger partial charge in [0, 0.05) is 10.5 Å². The Labute approximate surface area is 124 Å². The fourth-order valence-electron chi connectivity index (χ4n) is 1.98. The number of aromatic amines is 1. The number of aromatic nitrogens is 3. The molecule has 2 heterocycles. The summed E-state index contributed by atoms with van der Waals surface area (Å²) in [5.41, 5.74) is 2.35. The number of nitrogens with zero attached hydrogens (tertiary/aromatic N) is 2. The lowest BCUT2D eigenvalue weighted by Gasteiger charge is -2.06. The molecule has 0 saturated heterocycles. The predicted octanol–water partition coefficient (Wildman–Crippen LogP) is 3.40. The van der Waals surface area contributed by atoms with Gasteiger partial charge in [-0.1, -0.05) is 15.9 Å². The molecule has 0 fully saturated rings. The zero-order chi connectivity index (χ0) is 14.1. The van der Waals surface area contributed by atoms with Crippen molar-refractivity contribution in [3.05, 3.63) is 34.8 Å². The van der Waals surface area contributed by atoms with Crippen LogP contribution in [0.2, 0.25) is 0 Å². The van der Waals surface area contributed by atoms with Crippen LogP contribution < -0.4 is 9.47 Å². The molecule has 3 aromatic rings. The van der Waals surface area contributed by atoms with Crippen molar-refractivity contribution < 1.29 is 9.47 Å². The molecule has 0 bridgehead atoms. The lowest BCUT2D eigenvalue weighted by Crippen LogP contribution is -1.89. The molecular weight excluding hydrogens is 322 g/mol. The fourth-order valence-corrected chi connectivity index (χ4v) is 2.32. The average molecular weight is 334 g/mol. The standard InChI is InChI=1S/C14H12BrN3O2/c1-19-11-7-8(15)3-4-9(11)13-16-10-5-6-12(20-2)17-14(10)18-13/h3-7H,1-2H3,(H,16,17,18). The molecule has 0 radical (unpaired) electrons. The number of imidazole rings is 1. The normalized spacial score (nSPS) is 10.8. The molecule has 6 heteroatoms. The molecule has 0 amide bonds. The molecule has 0 aliphatic rings. The molecule has 1 N–H and O–H groups in total. The Kier molecular flexibility index (Phi) is 3.31. The summed E-state index contributed by atoms with van der Waals surface area (Å²) in [6.45, 7) is 0. The first-order valence-corrected chi connectivity index (χ1v) is 6.75. The summed E-state index contributed by atoms with van der Waals surface area (Å²) in [6.07, 6.45) is 0. The summed E-state index contributed by atoms with van der Waals surface area (Å²) in [5, 5.41) is 0. The summed E-state index contributed by atoms with van der Waals surface area (Å²) in [4.78, 5) is 12.0. The number of ether oxygens (including phenoxy) is 2. The maximum atomic E-state index is 5.39. The monoisotopic (exact) mass is 333 g/mol. The lowest BCUT2D eigenvalue weighted by molar-refractivity contribution is 0.399. The highest BCUT2D eigenvalue weighted by Crippen LogP contribution is 2.31. The Bertz CT molecular complexity index is 770. The van der Waals surface area contributed by atoms with Crippen molar-refractivity contribution >= 4 is 27.1 Å². The summed E-state index contributed by atoms with van der Waals surface area (Å²) in [7, 11) is 3.22. The summed E-state index contributed by atoms with van der Waals surface area (Å²) in [6, 6.07) is 9.47. The second kappa shape index (κ2) is 5.13. The zero-order valence-corrected chi connectivity index (χ0v) is 12.6. The van der Waals surface area contributed by atoms with Gasteiger partial charge < -0.3 is 14.5 Å². The first-order valence-electron chi connectivity index (χ1n) is 5.96. The van der Waals surface area contributed by atoms with Gasteiger partial charge in [0.25, 0.3) is 0 Å². The second-order valence-electron chi connectivity index (χ2n) is 4.15. The van der Waals surface area contributed by atoms with Gasteiger partial charge in [-0.05, 0) is 24.3 Å². The molecule has 5 nitrogen and oxygen atoms in total. The van der Waals surface area contributed by atoms with Crippen LogP contribution in [-0.4, -0.2) is 29.2 Å². The van der Waals surface area contributed by atoms with Gasteiger partial charge in [-0.3, -0.25) is 0 Å². The van der Waals surface area contributed by atoms with E-state index in [1.165, 1.54) is 0 Å². The molecule has 0 aliphatic carbocycles. The molecule has 0 spiro atoms. The highest BCUT2D eigenvalue weighted by Gasteiger charge is 2.12. The lowest BCUT2D eigenvalue weighted by atomic mass is 10.2. The number of H-pyrrole nitrogens is 1. The summed E-state index contributed by atoms with van der Waals surface area (Å²) in [5.74, 6) is 1.99. The van der Waals surface area contributed by atoms with Crippen LogP contribution in [0, 0.1) is 0 Å². The van der Waals surface area contributed by atoms with Crippen molar-refractivity contribution in [1.29, 1.82) is 0 Å². The summed E-state index contributed by atoms with van der Waals surface area (Å²) < 4.78 is 11.4. The first-order chi connectivity index (χ1) is 9.71. The van der Waals surface area contributed by atoms with Gasteiger partial charge in [0.2, 0.25) is 5.88 Å². The molecule has 0 unspecified atom stereocenters. The van der Waals surface area contributed by atoms with Crippen molar-refractivity contribution in [3.8, 4) is 23.0 Å². The largest absolute Gasteiger partial charge is 0.496 e. The van der Waals surface area contributed by atoms with Crippen molar-refractivity contribution in [2.24, 2.45) is 0 Å². The number of methoxy groups -OCH3 is 2. The molecule has 0 atom stereocenters. The van der Waals surface area contributed by atoms with Crippen LogP contribution >= 0.6 is 15.9 Å². The van der Waals surface area contributed by atoms with Crippen LogP contribution in [0.4, 0.5) is 0 Å². The van der Waals surface area contributed by atoms with Crippen LogP contribution in [0.3, 0.4) is 0 Å². The van der Waals surface area contributed by atoms with Crippen LogP contribution in [0.25, 0.3) is 22.6 Å². The third-order valence-corrected chi connectivity index (χ3v) is 3.44. The van der Waals surface area contributed by atoms with E-state index in [2.05, 4.69) is 30.9 Å². The molecule has 1 aromatic carbocycles. The van der Waals surface area contributed by atoms with E-state index in [0.717, 1.165) is 21.3 Å². The Balaban J connectivity index is 2.14. The number of nitrogens with one attached hydrogen (secondary N) is 1. The van der Waals surface area contributed by atoms with Gasteiger partial charge in [-0.25, -0.2) is 4.98 Å². The number of halogens is 1. The van der Waals surface area contributed by atoms with Gasteiger partial charge in [0.1, 0.15) is 11.6 Å². The SMILES string of the molecule is COc1ccc2[nH]c(-c3ccc(Br)cc3OC)nc2n1. The van der Waals surface area contributed by atoms with Gasteiger partial charge in [0.05, 0.1) is 25.3 Å². The molecule has 0 aliphatic heterocycles. The van der Waals surface area contributed by atoms with E-state index in [1.807, 2.05) is 24.3 Å². The van der Waals surface area contributed by atoms with E-state index >= 15 is 0 Å². The van der Waals surface area contributed by atoms with E-state index in [4.69, 9.17) is 9.47 Å². The van der Waals surface area contributed by atoms with E-state index in [-0.39, 0.29) is 0 Å². The summed E-state index contributed by atoms with van der Waals surface area (Å²) >= 11 is 3.42. The van der Waals surface area contributed by atoms with E-state index in [9.17, 15) is 0 Å². The number of fused-ring (bicyclic) bond motifs is 1. The average Bonchev–Trinajstić information content (AvgIpc) is 2.89. The number of pyridine rings is 1. The van der Waals surface area contributed by atoms with Crippen molar-refractivity contribution in [3.63, 3.8) is 0 Å². The van der Waals surface area contributed by atoms with Crippen LogP contribution in [0.15, 0.2) is 34.8 Å².